The zero-order valence-electron chi connectivity index (χ0n) is 8.63. The van der Waals surface area contributed by atoms with Crippen LogP contribution in [0.3, 0.4) is 0 Å². The summed E-state index contributed by atoms with van der Waals surface area (Å²) in [4.78, 5) is 0. The van der Waals surface area contributed by atoms with Crippen LogP contribution >= 0.6 is 0 Å². The Kier molecular flexibility index (Phi) is 3.13. The van der Waals surface area contributed by atoms with Gasteiger partial charge in [0.15, 0.2) is 0 Å². The van der Waals surface area contributed by atoms with Crippen molar-refractivity contribution in [3.63, 3.8) is 0 Å². The lowest BCUT2D eigenvalue weighted by atomic mass is 9.66. The third-order valence-corrected chi connectivity index (χ3v) is 3.40. The van der Waals surface area contributed by atoms with E-state index in [1.165, 1.54) is 19.3 Å². The maximum Gasteiger partial charge on any atom is -0.0143 e. The molecule has 1 fully saturated rings. The molecule has 0 aromatic carbocycles. The highest BCUT2D eigenvalue weighted by molar-refractivity contribution is 5.04. The average Bonchev–Trinajstić information content (AvgIpc) is 2.18. The number of hydrogen-bond donors (Lipinski definition) is 0. The smallest absolute Gasteiger partial charge is 0.0143 e. The summed E-state index contributed by atoms with van der Waals surface area (Å²) in [5.74, 6) is 1.22. The van der Waals surface area contributed by atoms with Gasteiger partial charge in [-0.1, -0.05) is 25.2 Å². The second-order valence-electron chi connectivity index (χ2n) is 4.40. The first-order valence-corrected chi connectivity index (χ1v) is 5.04. The van der Waals surface area contributed by atoms with Crippen LogP contribution in [0.4, 0.5) is 0 Å². The quantitative estimate of drug-likeness (QED) is 0.571. The molecule has 0 nitrogen and oxygen atoms in total. The third-order valence-electron chi connectivity index (χ3n) is 3.40. The molecule has 0 aromatic heterocycles. The third kappa shape index (κ3) is 2.12. The van der Waals surface area contributed by atoms with Gasteiger partial charge in [-0.15, -0.1) is 19.7 Å². The van der Waals surface area contributed by atoms with Gasteiger partial charge in [0.2, 0.25) is 0 Å². The molecule has 0 heterocycles. The summed E-state index contributed by atoms with van der Waals surface area (Å²) in [7, 11) is 0. The molecular formula is C13H20. The van der Waals surface area contributed by atoms with Gasteiger partial charge in [0.1, 0.15) is 0 Å². The molecule has 0 radical (unpaired) electrons. The fourth-order valence-electron chi connectivity index (χ4n) is 2.24. The minimum Gasteiger partial charge on any atom is -0.103 e. The molecule has 0 aromatic rings. The molecule has 0 heteroatoms. The Morgan fingerprint density at radius 1 is 1.15 bits per heavy atom. The van der Waals surface area contributed by atoms with Gasteiger partial charge in [-0.05, 0) is 36.5 Å². The van der Waals surface area contributed by atoms with Crippen molar-refractivity contribution in [1.82, 2.24) is 0 Å². The number of hydrogen-bond acceptors (Lipinski definition) is 0. The van der Waals surface area contributed by atoms with Crippen LogP contribution in [0.1, 0.15) is 26.2 Å². The predicted octanol–water partition coefficient (Wildman–Crippen LogP) is 3.97. The molecule has 1 aliphatic rings. The summed E-state index contributed by atoms with van der Waals surface area (Å²) in [5.41, 5.74) is 0.318. The normalized spacial score (nSPS) is 39.5. The summed E-state index contributed by atoms with van der Waals surface area (Å²) in [5, 5.41) is 0. The predicted molar refractivity (Wildman–Crippen MR) is 59.5 cm³/mol. The van der Waals surface area contributed by atoms with Gasteiger partial charge in [-0.25, -0.2) is 0 Å². The summed E-state index contributed by atoms with van der Waals surface area (Å²) in [6.07, 6.45) is 9.89. The van der Waals surface area contributed by atoms with Crippen LogP contribution in [0.15, 0.2) is 38.0 Å². The second kappa shape index (κ2) is 3.95. The molecule has 3 atom stereocenters. The molecule has 0 N–H and O–H groups in total. The molecular weight excluding hydrogens is 156 g/mol. The SMILES string of the molecule is C=CC1C[C@](C)(C=C)CC[C@@H]1C=C. The zero-order chi connectivity index (χ0) is 9.90. The van der Waals surface area contributed by atoms with Gasteiger partial charge < -0.3 is 0 Å². The summed E-state index contributed by atoms with van der Waals surface area (Å²) in [6, 6.07) is 0. The van der Waals surface area contributed by atoms with Crippen LogP contribution in [0.5, 0.6) is 0 Å². The van der Waals surface area contributed by atoms with Crippen molar-refractivity contribution in [2.24, 2.45) is 17.3 Å². The van der Waals surface area contributed by atoms with Gasteiger partial charge in [-0.3, -0.25) is 0 Å². The lowest BCUT2D eigenvalue weighted by Gasteiger charge is -2.38. The number of allylic oxidation sites excluding steroid dienone is 3. The van der Waals surface area contributed by atoms with Crippen molar-refractivity contribution < 1.29 is 0 Å². The summed E-state index contributed by atoms with van der Waals surface area (Å²) >= 11 is 0. The van der Waals surface area contributed by atoms with Crippen molar-refractivity contribution in [3.8, 4) is 0 Å². The lowest BCUT2D eigenvalue weighted by molar-refractivity contribution is 0.200. The number of rotatable bonds is 3. The molecule has 0 bridgehead atoms. The lowest BCUT2D eigenvalue weighted by Crippen LogP contribution is -2.28. The first-order chi connectivity index (χ1) is 6.15. The van der Waals surface area contributed by atoms with Crippen LogP contribution in [0.25, 0.3) is 0 Å². The summed E-state index contributed by atoms with van der Waals surface area (Å²) in [6.45, 7) is 14.0. The van der Waals surface area contributed by atoms with E-state index in [9.17, 15) is 0 Å². The van der Waals surface area contributed by atoms with Crippen LogP contribution < -0.4 is 0 Å². The van der Waals surface area contributed by atoms with Crippen LogP contribution in [0, 0.1) is 17.3 Å². The van der Waals surface area contributed by atoms with Crippen molar-refractivity contribution >= 4 is 0 Å². The van der Waals surface area contributed by atoms with Crippen molar-refractivity contribution in [1.29, 1.82) is 0 Å². The van der Waals surface area contributed by atoms with Crippen LogP contribution in [-0.2, 0) is 0 Å². The molecule has 0 amide bonds. The second-order valence-corrected chi connectivity index (χ2v) is 4.40. The maximum absolute atomic E-state index is 3.92. The molecule has 13 heavy (non-hydrogen) atoms. The Balaban J connectivity index is 2.72. The Hall–Kier alpha value is -0.780. The van der Waals surface area contributed by atoms with Crippen molar-refractivity contribution in [2.75, 3.05) is 0 Å². The standard InChI is InChI=1S/C13H20/c1-5-11-8-9-13(4,7-3)10-12(11)6-2/h5-7,11-12H,1-3,8-10H2,4H3/t11-,12?,13+/m0/s1. The molecule has 1 saturated carbocycles. The van der Waals surface area contributed by atoms with Gasteiger partial charge in [0.25, 0.3) is 0 Å². The maximum atomic E-state index is 3.92. The first-order valence-electron chi connectivity index (χ1n) is 5.04. The van der Waals surface area contributed by atoms with E-state index in [1.54, 1.807) is 0 Å². The van der Waals surface area contributed by atoms with Gasteiger partial charge >= 0.3 is 0 Å². The van der Waals surface area contributed by atoms with E-state index >= 15 is 0 Å². The average molecular weight is 176 g/mol. The van der Waals surface area contributed by atoms with E-state index in [4.69, 9.17) is 0 Å². The molecule has 72 valence electrons. The van der Waals surface area contributed by atoms with Crippen LogP contribution in [-0.4, -0.2) is 0 Å². The first kappa shape index (κ1) is 10.3. The Labute approximate surface area is 82.0 Å². The Bertz CT molecular complexity index is 214. The van der Waals surface area contributed by atoms with Crippen molar-refractivity contribution in [3.05, 3.63) is 38.0 Å². The van der Waals surface area contributed by atoms with Crippen molar-refractivity contribution in [2.45, 2.75) is 26.2 Å². The van der Waals surface area contributed by atoms with Gasteiger partial charge in [0.05, 0.1) is 0 Å². The highest BCUT2D eigenvalue weighted by atomic mass is 14.4. The van der Waals surface area contributed by atoms with E-state index in [2.05, 4.69) is 44.9 Å². The fourth-order valence-corrected chi connectivity index (χ4v) is 2.24. The molecule has 1 aliphatic carbocycles. The van der Waals surface area contributed by atoms with E-state index in [-0.39, 0.29) is 0 Å². The van der Waals surface area contributed by atoms with Gasteiger partial charge in [0, 0.05) is 0 Å². The Morgan fingerprint density at radius 3 is 2.23 bits per heavy atom. The molecule has 1 unspecified atom stereocenters. The summed E-state index contributed by atoms with van der Waals surface area (Å²) < 4.78 is 0. The molecule has 0 spiro atoms. The fraction of sp³-hybridized carbons (Fsp3) is 0.538. The topological polar surface area (TPSA) is 0 Å². The minimum atomic E-state index is 0.318. The molecule has 0 saturated heterocycles. The highest BCUT2D eigenvalue weighted by Gasteiger charge is 2.32. The van der Waals surface area contributed by atoms with E-state index < -0.39 is 0 Å². The minimum absolute atomic E-state index is 0.318. The van der Waals surface area contributed by atoms with E-state index in [0.717, 1.165) is 0 Å². The van der Waals surface area contributed by atoms with E-state index in [0.29, 0.717) is 17.3 Å². The van der Waals surface area contributed by atoms with Crippen LogP contribution in [0.2, 0.25) is 0 Å². The monoisotopic (exact) mass is 176 g/mol. The molecule has 1 rings (SSSR count). The molecule has 0 aliphatic heterocycles. The highest BCUT2D eigenvalue weighted by Crippen LogP contribution is 2.43. The van der Waals surface area contributed by atoms with Gasteiger partial charge in [-0.2, -0.15) is 0 Å². The van der Waals surface area contributed by atoms with E-state index in [1.807, 2.05) is 0 Å². The largest absolute Gasteiger partial charge is 0.103 e. The zero-order valence-corrected chi connectivity index (χ0v) is 8.63. The Morgan fingerprint density at radius 2 is 1.77 bits per heavy atom.